The number of hydrogen-bond acceptors (Lipinski definition) is 3. The smallest absolute Gasteiger partial charge is 0.258 e. The molecule has 0 saturated carbocycles. The van der Waals surface area contributed by atoms with Crippen molar-refractivity contribution in [1.82, 2.24) is 4.31 Å². The van der Waals surface area contributed by atoms with Crippen LogP contribution in [0.25, 0.3) is 0 Å². The van der Waals surface area contributed by atoms with Gasteiger partial charge >= 0.3 is 0 Å². The van der Waals surface area contributed by atoms with Crippen molar-refractivity contribution >= 4 is 37.5 Å². The lowest BCUT2D eigenvalue weighted by molar-refractivity contribution is 0.102. The zero-order chi connectivity index (χ0) is 19.6. The second-order valence-corrected chi connectivity index (χ2v) is 9.37. The fourth-order valence-corrected chi connectivity index (χ4v) is 4.92. The third kappa shape index (κ3) is 4.39. The van der Waals surface area contributed by atoms with E-state index in [0.717, 1.165) is 19.3 Å². The van der Waals surface area contributed by atoms with E-state index in [4.69, 9.17) is 0 Å². The van der Waals surface area contributed by atoms with Crippen molar-refractivity contribution in [3.05, 3.63) is 57.8 Å². The molecule has 1 N–H and O–H groups in total. The molecule has 2 aromatic carbocycles. The fraction of sp³-hybridized carbons (Fsp3) is 0.316. The Morgan fingerprint density at radius 3 is 2.52 bits per heavy atom. The monoisotopic (exact) mass is 454 g/mol. The summed E-state index contributed by atoms with van der Waals surface area (Å²) in [6.07, 6.45) is 2.72. The maximum atomic E-state index is 14.0. The Labute approximate surface area is 166 Å². The van der Waals surface area contributed by atoms with Crippen molar-refractivity contribution in [3.8, 4) is 0 Å². The first-order valence-electron chi connectivity index (χ1n) is 8.66. The van der Waals surface area contributed by atoms with E-state index < -0.39 is 21.7 Å². The van der Waals surface area contributed by atoms with E-state index >= 15 is 0 Å². The number of sulfonamides is 1. The van der Waals surface area contributed by atoms with Gasteiger partial charge in [0.15, 0.2) is 0 Å². The Bertz CT molecular complexity index is 973. The molecule has 0 radical (unpaired) electrons. The summed E-state index contributed by atoms with van der Waals surface area (Å²) < 4.78 is 41.7. The largest absolute Gasteiger partial charge is 0.322 e. The van der Waals surface area contributed by atoms with Crippen LogP contribution >= 0.6 is 15.9 Å². The molecule has 1 aliphatic rings. The lowest BCUT2D eigenvalue weighted by Gasteiger charge is -2.26. The number of carbonyl (C=O) groups excluding carboxylic acids is 1. The molecule has 0 aromatic heterocycles. The Morgan fingerprint density at radius 1 is 1.11 bits per heavy atom. The average Bonchev–Trinajstić information content (AvgIpc) is 2.66. The van der Waals surface area contributed by atoms with Gasteiger partial charge in [-0.1, -0.05) is 28.4 Å². The summed E-state index contributed by atoms with van der Waals surface area (Å²) in [5, 5.41) is 2.63. The lowest BCUT2D eigenvalue weighted by Crippen LogP contribution is -2.35. The molecule has 0 spiro atoms. The minimum absolute atomic E-state index is 0.118. The van der Waals surface area contributed by atoms with Gasteiger partial charge in [0.2, 0.25) is 10.0 Å². The van der Waals surface area contributed by atoms with Crippen molar-refractivity contribution in [3.63, 3.8) is 0 Å². The molecule has 0 bridgehead atoms. The molecule has 27 heavy (non-hydrogen) atoms. The van der Waals surface area contributed by atoms with E-state index in [1.807, 2.05) is 0 Å². The molecule has 0 atom stereocenters. The first kappa shape index (κ1) is 20.0. The number of aryl methyl sites for hydroxylation is 1. The molecule has 1 amide bonds. The summed E-state index contributed by atoms with van der Waals surface area (Å²) in [5.41, 5.74) is 0.918. The van der Waals surface area contributed by atoms with Gasteiger partial charge in [0.05, 0.1) is 10.5 Å². The highest BCUT2D eigenvalue weighted by Crippen LogP contribution is 2.26. The summed E-state index contributed by atoms with van der Waals surface area (Å²) in [5.74, 6) is -1.28. The summed E-state index contributed by atoms with van der Waals surface area (Å²) in [6.45, 7) is 2.76. The SMILES string of the molecule is Cc1ccc(S(=O)(=O)N2CCCCC2)cc1NC(=O)c1cc(Br)ccc1F. The molecular weight excluding hydrogens is 435 g/mol. The molecule has 1 heterocycles. The van der Waals surface area contributed by atoms with E-state index in [0.29, 0.717) is 28.8 Å². The van der Waals surface area contributed by atoms with E-state index in [1.54, 1.807) is 13.0 Å². The standard InChI is InChI=1S/C19H20BrFN2O3S/c1-13-5-7-15(27(25,26)23-9-3-2-4-10-23)12-18(13)22-19(24)16-11-14(20)6-8-17(16)21/h5-8,11-12H,2-4,9-10H2,1H3,(H,22,24). The Kier molecular flexibility index (Phi) is 5.98. The van der Waals surface area contributed by atoms with Crippen molar-refractivity contribution in [2.24, 2.45) is 0 Å². The van der Waals surface area contributed by atoms with Gasteiger partial charge in [-0.2, -0.15) is 4.31 Å². The second kappa shape index (κ2) is 8.08. The first-order chi connectivity index (χ1) is 12.8. The molecule has 2 aromatic rings. The van der Waals surface area contributed by atoms with Crippen molar-refractivity contribution in [2.75, 3.05) is 18.4 Å². The topological polar surface area (TPSA) is 66.5 Å². The molecule has 144 valence electrons. The molecule has 0 unspecified atom stereocenters. The minimum Gasteiger partial charge on any atom is -0.322 e. The average molecular weight is 455 g/mol. The van der Waals surface area contributed by atoms with Crippen LogP contribution in [-0.4, -0.2) is 31.7 Å². The summed E-state index contributed by atoms with van der Waals surface area (Å²) >= 11 is 3.21. The van der Waals surface area contributed by atoms with Crippen molar-refractivity contribution < 1.29 is 17.6 Å². The van der Waals surface area contributed by atoms with Gasteiger partial charge in [-0.05, 0) is 55.7 Å². The third-order valence-electron chi connectivity index (χ3n) is 4.58. The zero-order valence-electron chi connectivity index (χ0n) is 14.8. The van der Waals surface area contributed by atoms with Crippen LogP contribution in [0.15, 0.2) is 45.8 Å². The fourth-order valence-electron chi connectivity index (χ4n) is 3.01. The summed E-state index contributed by atoms with van der Waals surface area (Å²) in [6, 6.07) is 8.70. The predicted octanol–water partition coefficient (Wildman–Crippen LogP) is 4.32. The summed E-state index contributed by atoms with van der Waals surface area (Å²) in [4.78, 5) is 12.6. The maximum absolute atomic E-state index is 14.0. The third-order valence-corrected chi connectivity index (χ3v) is 6.97. The highest BCUT2D eigenvalue weighted by atomic mass is 79.9. The van der Waals surface area contributed by atoms with E-state index in [2.05, 4.69) is 21.2 Å². The number of amides is 1. The molecular formula is C19H20BrFN2O3S. The number of anilines is 1. The van der Waals surface area contributed by atoms with Crippen LogP contribution in [0.5, 0.6) is 0 Å². The van der Waals surface area contributed by atoms with Gasteiger partial charge in [0, 0.05) is 23.2 Å². The van der Waals surface area contributed by atoms with Crippen LogP contribution in [0.1, 0.15) is 35.2 Å². The normalized spacial score (nSPS) is 15.5. The van der Waals surface area contributed by atoms with Gasteiger partial charge < -0.3 is 5.32 Å². The molecule has 0 aliphatic carbocycles. The number of nitrogens with zero attached hydrogens (tertiary/aromatic N) is 1. The van der Waals surface area contributed by atoms with Crippen LogP contribution < -0.4 is 5.32 Å². The highest BCUT2D eigenvalue weighted by Gasteiger charge is 2.26. The van der Waals surface area contributed by atoms with Gasteiger partial charge in [-0.3, -0.25) is 4.79 Å². The minimum atomic E-state index is -3.62. The van der Waals surface area contributed by atoms with E-state index in [-0.39, 0.29) is 10.5 Å². The van der Waals surface area contributed by atoms with Gasteiger partial charge in [-0.25, -0.2) is 12.8 Å². The number of nitrogens with one attached hydrogen (secondary N) is 1. The lowest BCUT2D eigenvalue weighted by atomic mass is 10.1. The number of benzene rings is 2. The quantitative estimate of drug-likeness (QED) is 0.747. The molecule has 8 heteroatoms. The number of rotatable bonds is 4. The van der Waals surface area contributed by atoms with Crippen LogP contribution in [-0.2, 0) is 10.0 Å². The summed E-state index contributed by atoms with van der Waals surface area (Å²) in [7, 11) is -3.62. The van der Waals surface area contributed by atoms with Gasteiger partial charge in [0.1, 0.15) is 5.82 Å². The highest BCUT2D eigenvalue weighted by molar-refractivity contribution is 9.10. The molecule has 3 rings (SSSR count). The van der Waals surface area contributed by atoms with Gasteiger partial charge in [-0.15, -0.1) is 0 Å². The number of halogens is 2. The Balaban J connectivity index is 1.89. The molecule has 1 saturated heterocycles. The second-order valence-electron chi connectivity index (χ2n) is 6.52. The maximum Gasteiger partial charge on any atom is 0.258 e. The van der Waals surface area contributed by atoms with E-state index in [9.17, 15) is 17.6 Å². The van der Waals surface area contributed by atoms with Crippen molar-refractivity contribution in [2.45, 2.75) is 31.1 Å². The van der Waals surface area contributed by atoms with Crippen LogP contribution in [0.3, 0.4) is 0 Å². The van der Waals surface area contributed by atoms with Crippen LogP contribution in [0.4, 0.5) is 10.1 Å². The van der Waals surface area contributed by atoms with Crippen LogP contribution in [0.2, 0.25) is 0 Å². The Hall–Kier alpha value is -1.77. The molecule has 5 nitrogen and oxygen atoms in total. The predicted molar refractivity (Wildman–Crippen MR) is 106 cm³/mol. The number of carbonyl (C=O) groups is 1. The molecule has 1 fully saturated rings. The molecule has 1 aliphatic heterocycles. The van der Waals surface area contributed by atoms with E-state index in [1.165, 1.54) is 34.6 Å². The number of hydrogen-bond donors (Lipinski definition) is 1. The Morgan fingerprint density at radius 2 is 1.81 bits per heavy atom. The van der Waals surface area contributed by atoms with Crippen LogP contribution in [0, 0.1) is 12.7 Å². The zero-order valence-corrected chi connectivity index (χ0v) is 17.2. The van der Waals surface area contributed by atoms with Crippen molar-refractivity contribution in [1.29, 1.82) is 0 Å². The number of piperidine rings is 1. The first-order valence-corrected chi connectivity index (χ1v) is 10.9. The van der Waals surface area contributed by atoms with Gasteiger partial charge in [0.25, 0.3) is 5.91 Å².